The van der Waals surface area contributed by atoms with Crippen molar-refractivity contribution in [1.82, 2.24) is 19.1 Å². The van der Waals surface area contributed by atoms with Gasteiger partial charge in [-0.25, -0.2) is 19.6 Å². The Hall–Kier alpha value is -2.97. The summed E-state index contributed by atoms with van der Waals surface area (Å²) < 4.78 is 6.71. The SMILES string of the molecule is CCOC(=O)/C(O)=C\c1cnc2c(n1)c(=O)n(C)c(=O)n2C. The molecule has 0 atom stereocenters. The topological polar surface area (TPSA) is 116 Å². The number of rotatable bonds is 3. The second-order valence-electron chi connectivity index (χ2n) is 4.42. The van der Waals surface area contributed by atoms with Crippen molar-refractivity contribution < 1.29 is 14.6 Å². The van der Waals surface area contributed by atoms with Crippen LogP contribution in [0, 0.1) is 0 Å². The summed E-state index contributed by atoms with van der Waals surface area (Å²) in [6, 6.07) is 0. The van der Waals surface area contributed by atoms with Crippen LogP contribution in [0.2, 0.25) is 0 Å². The number of aromatic nitrogens is 4. The van der Waals surface area contributed by atoms with E-state index < -0.39 is 23.0 Å². The van der Waals surface area contributed by atoms with E-state index in [1.54, 1.807) is 6.92 Å². The van der Waals surface area contributed by atoms with Crippen LogP contribution < -0.4 is 11.2 Å². The van der Waals surface area contributed by atoms with Crippen molar-refractivity contribution in [3.63, 3.8) is 0 Å². The lowest BCUT2D eigenvalue weighted by atomic mass is 10.3. The Labute approximate surface area is 124 Å². The molecule has 1 N–H and O–H groups in total. The zero-order valence-electron chi connectivity index (χ0n) is 12.2. The van der Waals surface area contributed by atoms with E-state index in [1.807, 2.05) is 0 Å². The molecule has 0 aromatic carbocycles. The van der Waals surface area contributed by atoms with Gasteiger partial charge in [-0.3, -0.25) is 13.9 Å². The molecule has 2 heterocycles. The van der Waals surface area contributed by atoms with Crippen LogP contribution in [0.5, 0.6) is 0 Å². The quantitative estimate of drug-likeness (QED) is 0.461. The van der Waals surface area contributed by atoms with Gasteiger partial charge in [0.05, 0.1) is 18.5 Å². The zero-order valence-corrected chi connectivity index (χ0v) is 12.2. The normalized spacial score (nSPS) is 11.7. The van der Waals surface area contributed by atoms with Crippen LogP contribution >= 0.6 is 0 Å². The van der Waals surface area contributed by atoms with Gasteiger partial charge in [-0.15, -0.1) is 0 Å². The lowest BCUT2D eigenvalue weighted by Crippen LogP contribution is -2.37. The Kier molecular flexibility index (Phi) is 4.06. The summed E-state index contributed by atoms with van der Waals surface area (Å²) in [7, 11) is 2.79. The smallest absolute Gasteiger partial charge is 0.373 e. The zero-order chi connectivity index (χ0) is 16.4. The van der Waals surface area contributed by atoms with Crippen LogP contribution in [-0.2, 0) is 23.6 Å². The predicted octanol–water partition coefficient (Wildman–Crippen LogP) is -0.511. The minimum absolute atomic E-state index is 0.0463. The first-order valence-electron chi connectivity index (χ1n) is 6.37. The molecule has 0 saturated heterocycles. The van der Waals surface area contributed by atoms with Crippen LogP contribution in [0.3, 0.4) is 0 Å². The van der Waals surface area contributed by atoms with Gasteiger partial charge in [0.15, 0.2) is 11.2 Å². The summed E-state index contributed by atoms with van der Waals surface area (Å²) in [5.74, 6) is -1.56. The number of esters is 1. The van der Waals surface area contributed by atoms with E-state index in [0.717, 1.165) is 10.6 Å². The van der Waals surface area contributed by atoms with Gasteiger partial charge < -0.3 is 9.84 Å². The van der Waals surface area contributed by atoms with E-state index in [0.29, 0.717) is 0 Å². The summed E-state index contributed by atoms with van der Waals surface area (Å²) >= 11 is 0. The van der Waals surface area contributed by atoms with Gasteiger partial charge in [0, 0.05) is 20.2 Å². The number of aliphatic hydroxyl groups excluding tert-OH is 1. The molecule has 0 fully saturated rings. The number of carbonyl (C=O) groups excluding carboxylic acids is 1. The van der Waals surface area contributed by atoms with Crippen molar-refractivity contribution in [1.29, 1.82) is 0 Å². The lowest BCUT2D eigenvalue weighted by Gasteiger charge is -2.06. The Morgan fingerprint density at radius 3 is 2.68 bits per heavy atom. The second kappa shape index (κ2) is 5.80. The highest BCUT2D eigenvalue weighted by atomic mass is 16.5. The molecule has 0 amide bonds. The third-order valence-corrected chi connectivity index (χ3v) is 2.94. The van der Waals surface area contributed by atoms with Crippen molar-refractivity contribution in [2.45, 2.75) is 6.92 Å². The summed E-state index contributed by atoms with van der Waals surface area (Å²) in [4.78, 5) is 43.2. The highest BCUT2D eigenvalue weighted by Gasteiger charge is 2.13. The number of fused-ring (bicyclic) bond motifs is 1. The summed E-state index contributed by atoms with van der Waals surface area (Å²) in [5.41, 5.74) is -0.981. The third-order valence-electron chi connectivity index (χ3n) is 2.94. The van der Waals surface area contributed by atoms with Gasteiger partial charge in [0.2, 0.25) is 5.76 Å². The Bertz CT molecular complexity index is 894. The first-order valence-corrected chi connectivity index (χ1v) is 6.37. The van der Waals surface area contributed by atoms with E-state index >= 15 is 0 Å². The maximum absolute atomic E-state index is 12.0. The van der Waals surface area contributed by atoms with Crippen molar-refractivity contribution >= 4 is 23.2 Å². The van der Waals surface area contributed by atoms with Gasteiger partial charge in [0.1, 0.15) is 0 Å². The van der Waals surface area contributed by atoms with Crippen LogP contribution in [0.4, 0.5) is 0 Å². The molecule has 9 nitrogen and oxygen atoms in total. The monoisotopic (exact) mass is 306 g/mol. The molecule has 9 heteroatoms. The van der Waals surface area contributed by atoms with Crippen molar-refractivity contribution in [3.05, 3.63) is 38.5 Å². The lowest BCUT2D eigenvalue weighted by molar-refractivity contribution is -0.141. The van der Waals surface area contributed by atoms with E-state index in [9.17, 15) is 19.5 Å². The molecule has 0 saturated carbocycles. The number of carbonyl (C=O) groups is 1. The molecule has 0 radical (unpaired) electrons. The largest absolute Gasteiger partial charge is 0.502 e. The van der Waals surface area contributed by atoms with Gasteiger partial charge in [-0.1, -0.05) is 0 Å². The average Bonchev–Trinajstić information content (AvgIpc) is 2.51. The maximum Gasteiger partial charge on any atom is 0.373 e. The van der Waals surface area contributed by atoms with E-state index in [-0.39, 0.29) is 23.5 Å². The van der Waals surface area contributed by atoms with E-state index in [2.05, 4.69) is 14.7 Å². The average molecular weight is 306 g/mol. The molecule has 2 aromatic heterocycles. The highest BCUT2D eigenvalue weighted by Crippen LogP contribution is 2.06. The predicted molar refractivity (Wildman–Crippen MR) is 77.3 cm³/mol. The molecule has 0 unspecified atom stereocenters. The highest BCUT2D eigenvalue weighted by molar-refractivity contribution is 5.90. The maximum atomic E-state index is 12.0. The fraction of sp³-hybridized carbons (Fsp3) is 0.308. The molecule has 116 valence electrons. The standard InChI is InChI=1S/C13H14N4O5/c1-4-22-12(20)8(18)5-7-6-14-10-9(15-7)11(19)17(3)13(21)16(10)2/h5-6,18H,4H2,1-3H3/b8-5+. The number of hydrogen-bond acceptors (Lipinski definition) is 7. The number of aryl methyl sites for hydroxylation is 1. The first kappa shape index (κ1) is 15.4. The molecule has 0 aliphatic heterocycles. The number of nitrogens with zero attached hydrogens (tertiary/aromatic N) is 4. The van der Waals surface area contributed by atoms with E-state index in [1.165, 1.54) is 24.9 Å². The molecule has 0 spiro atoms. The molecule has 22 heavy (non-hydrogen) atoms. The van der Waals surface area contributed by atoms with Crippen LogP contribution in [-0.4, -0.2) is 36.8 Å². The Balaban J connectivity index is 2.61. The van der Waals surface area contributed by atoms with Gasteiger partial charge in [0.25, 0.3) is 5.56 Å². The van der Waals surface area contributed by atoms with Gasteiger partial charge in [-0.2, -0.15) is 0 Å². The molecule has 0 aliphatic carbocycles. The van der Waals surface area contributed by atoms with Gasteiger partial charge >= 0.3 is 11.7 Å². The van der Waals surface area contributed by atoms with Crippen molar-refractivity contribution in [3.8, 4) is 0 Å². The third kappa shape index (κ3) is 2.60. The number of ether oxygens (including phenoxy) is 1. The Morgan fingerprint density at radius 1 is 1.36 bits per heavy atom. The van der Waals surface area contributed by atoms with Crippen LogP contribution in [0.1, 0.15) is 12.6 Å². The first-order chi connectivity index (χ1) is 10.4. The second-order valence-corrected chi connectivity index (χ2v) is 4.42. The molecular weight excluding hydrogens is 292 g/mol. The molecule has 0 aliphatic rings. The molecule has 2 rings (SSSR count). The summed E-state index contributed by atoms with van der Waals surface area (Å²) in [6.45, 7) is 1.72. The number of aliphatic hydroxyl groups is 1. The molecule has 0 bridgehead atoms. The van der Waals surface area contributed by atoms with E-state index in [4.69, 9.17) is 0 Å². The van der Waals surface area contributed by atoms with Crippen molar-refractivity contribution in [2.24, 2.45) is 14.1 Å². The molecule has 2 aromatic rings. The van der Waals surface area contributed by atoms with Crippen LogP contribution in [0.15, 0.2) is 21.5 Å². The van der Waals surface area contributed by atoms with Gasteiger partial charge in [-0.05, 0) is 6.92 Å². The Morgan fingerprint density at radius 2 is 2.05 bits per heavy atom. The fourth-order valence-corrected chi connectivity index (χ4v) is 1.82. The minimum Gasteiger partial charge on any atom is -0.502 e. The van der Waals surface area contributed by atoms with Crippen LogP contribution in [0.25, 0.3) is 17.2 Å². The summed E-state index contributed by atoms with van der Waals surface area (Å²) in [5, 5.41) is 9.58. The molecular formula is C13H14N4O5. The number of hydrogen-bond donors (Lipinski definition) is 1. The van der Waals surface area contributed by atoms with Crippen molar-refractivity contribution in [2.75, 3.05) is 6.61 Å². The summed E-state index contributed by atoms with van der Waals surface area (Å²) in [6.07, 6.45) is 2.27. The fourth-order valence-electron chi connectivity index (χ4n) is 1.82. The minimum atomic E-state index is -0.905.